The number of carbonyl (C=O) groups is 1. The van der Waals surface area contributed by atoms with E-state index in [9.17, 15) is 9.59 Å². The number of rotatable bonds is 1. The fraction of sp³-hybridized carbons (Fsp3) is 0.444. The van der Waals surface area contributed by atoms with Crippen LogP contribution in [0.2, 0.25) is 0 Å². The number of likely N-dealkylation sites (tertiary alicyclic amines) is 1. The number of pyridine rings is 1. The normalized spacial score (nSPS) is 20.6. The molecule has 0 unspecified atom stereocenters. The van der Waals surface area contributed by atoms with Gasteiger partial charge in [-0.15, -0.1) is 0 Å². The number of hydrogen-bond donors (Lipinski definition) is 0. The summed E-state index contributed by atoms with van der Waals surface area (Å²) in [6.07, 6.45) is 5.97. The van der Waals surface area contributed by atoms with Crippen LogP contribution in [0.4, 0.5) is 0 Å². The Kier molecular flexibility index (Phi) is 3.06. The van der Waals surface area contributed by atoms with Gasteiger partial charge in [-0.3, -0.25) is 9.59 Å². The minimum absolute atomic E-state index is 0.0974. The lowest BCUT2D eigenvalue weighted by Gasteiger charge is -2.27. The van der Waals surface area contributed by atoms with Gasteiger partial charge in [-0.2, -0.15) is 0 Å². The molecular weight excluding hydrogens is 276 g/mol. The second-order valence-electron chi connectivity index (χ2n) is 6.50. The molecule has 1 aromatic heterocycles. The van der Waals surface area contributed by atoms with Crippen molar-refractivity contribution < 1.29 is 4.79 Å². The molecule has 114 valence electrons. The molecular formula is C18H20N2O2. The van der Waals surface area contributed by atoms with Gasteiger partial charge in [0, 0.05) is 30.7 Å². The first-order chi connectivity index (χ1) is 10.7. The molecule has 3 heterocycles. The summed E-state index contributed by atoms with van der Waals surface area (Å²) in [6, 6.07) is 6.15. The van der Waals surface area contributed by atoms with Gasteiger partial charge in [0.15, 0.2) is 0 Å². The molecule has 0 aliphatic carbocycles. The number of aromatic nitrogens is 1. The fourth-order valence-corrected chi connectivity index (χ4v) is 3.84. The Hall–Kier alpha value is -2.10. The lowest BCUT2D eigenvalue weighted by molar-refractivity contribution is 0.0722. The van der Waals surface area contributed by atoms with E-state index in [1.165, 1.54) is 12.0 Å². The Bertz CT molecular complexity index is 816. The van der Waals surface area contributed by atoms with Gasteiger partial charge in [0.1, 0.15) is 5.56 Å². The third-order valence-electron chi connectivity index (χ3n) is 5.00. The van der Waals surface area contributed by atoms with Crippen molar-refractivity contribution in [3.8, 4) is 0 Å². The zero-order valence-corrected chi connectivity index (χ0v) is 12.8. The predicted octanol–water partition coefficient (Wildman–Crippen LogP) is 2.74. The lowest BCUT2D eigenvalue weighted by Crippen LogP contribution is -2.38. The largest absolute Gasteiger partial charge is 0.343 e. The minimum atomic E-state index is -0.113. The van der Waals surface area contributed by atoms with Crippen LogP contribution in [0.15, 0.2) is 29.2 Å². The van der Waals surface area contributed by atoms with Crippen LogP contribution in [-0.4, -0.2) is 28.5 Å². The Balaban J connectivity index is 1.88. The van der Waals surface area contributed by atoms with Crippen molar-refractivity contribution in [2.45, 2.75) is 38.6 Å². The number of para-hydroxylation sites is 1. The van der Waals surface area contributed by atoms with Gasteiger partial charge < -0.3 is 9.47 Å². The molecule has 1 saturated heterocycles. The molecule has 0 spiro atoms. The molecule has 1 aromatic carbocycles. The number of piperidine rings is 1. The maximum Gasteiger partial charge on any atom is 0.259 e. The standard InChI is InChI=1S/C18H20N2O2/c1-12-10-13-6-5-7-14-16(13)20(12)11-15(17(14)21)18(22)19-8-3-2-4-9-19/h5-7,11-12H,2-4,8-10H2,1H3/t12-/m0/s1. The molecule has 2 aromatic rings. The number of carbonyl (C=O) groups excluding carboxylic acids is 1. The molecule has 0 saturated carbocycles. The zero-order chi connectivity index (χ0) is 15.3. The molecule has 4 nitrogen and oxygen atoms in total. The molecule has 4 heteroatoms. The van der Waals surface area contributed by atoms with Crippen LogP contribution < -0.4 is 5.43 Å². The molecule has 2 aliphatic rings. The van der Waals surface area contributed by atoms with E-state index < -0.39 is 0 Å². The van der Waals surface area contributed by atoms with Crippen molar-refractivity contribution >= 4 is 16.8 Å². The van der Waals surface area contributed by atoms with Crippen LogP contribution >= 0.6 is 0 Å². The molecule has 4 rings (SSSR count). The maximum atomic E-state index is 12.8. The van der Waals surface area contributed by atoms with Crippen LogP contribution in [-0.2, 0) is 6.42 Å². The van der Waals surface area contributed by atoms with Gasteiger partial charge in [0.2, 0.25) is 5.43 Å². The first-order valence-electron chi connectivity index (χ1n) is 8.13. The van der Waals surface area contributed by atoms with Crippen molar-refractivity contribution in [1.29, 1.82) is 0 Å². The molecule has 2 aliphatic heterocycles. The van der Waals surface area contributed by atoms with Gasteiger partial charge in [0.25, 0.3) is 5.91 Å². The predicted molar refractivity (Wildman–Crippen MR) is 86.4 cm³/mol. The van der Waals surface area contributed by atoms with E-state index in [2.05, 4.69) is 17.6 Å². The third kappa shape index (κ3) is 1.90. The molecule has 1 amide bonds. The third-order valence-corrected chi connectivity index (χ3v) is 5.00. The van der Waals surface area contributed by atoms with E-state index in [0.29, 0.717) is 17.0 Å². The average molecular weight is 296 g/mol. The first kappa shape index (κ1) is 13.6. The zero-order valence-electron chi connectivity index (χ0n) is 12.8. The number of amides is 1. The minimum Gasteiger partial charge on any atom is -0.343 e. The van der Waals surface area contributed by atoms with Crippen molar-refractivity contribution in [1.82, 2.24) is 9.47 Å². The van der Waals surface area contributed by atoms with E-state index in [4.69, 9.17) is 0 Å². The first-order valence-corrected chi connectivity index (χ1v) is 8.13. The fourth-order valence-electron chi connectivity index (χ4n) is 3.84. The summed E-state index contributed by atoms with van der Waals surface area (Å²) in [4.78, 5) is 27.4. The van der Waals surface area contributed by atoms with Gasteiger partial charge in [-0.25, -0.2) is 0 Å². The molecule has 22 heavy (non-hydrogen) atoms. The highest BCUT2D eigenvalue weighted by atomic mass is 16.2. The second-order valence-corrected chi connectivity index (χ2v) is 6.50. The highest BCUT2D eigenvalue weighted by Gasteiger charge is 2.26. The van der Waals surface area contributed by atoms with E-state index in [0.717, 1.165) is 37.9 Å². The Morgan fingerprint density at radius 2 is 1.95 bits per heavy atom. The van der Waals surface area contributed by atoms with Crippen LogP contribution in [0.1, 0.15) is 48.1 Å². The van der Waals surface area contributed by atoms with Crippen LogP contribution in [0, 0.1) is 0 Å². The van der Waals surface area contributed by atoms with Crippen LogP contribution in [0.3, 0.4) is 0 Å². The number of nitrogens with zero attached hydrogens (tertiary/aromatic N) is 2. The Morgan fingerprint density at radius 3 is 2.73 bits per heavy atom. The average Bonchev–Trinajstić information content (AvgIpc) is 2.87. The molecule has 0 N–H and O–H groups in total. The summed E-state index contributed by atoms with van der Waals surface area (Å²) in [5.41, 5.74) is 2.44. The highest BCUT2D eigenvalue weighted by Crippen LogP contribution is 2.31. The summed E-state index contributed by atoms with van der Waals surface area (Å²) in [5.74, 6) is -0.0974. The van der Waals surface area contributed by atoms with E-state index in [-0.39, 0.29) is 11.3 Å². The van der Waals surface area contributed by atoms with Gasteiger partial charge in [-0.1, -0.05) is 12.1 Å². The maximum absolute atomic E-state index is 12.8. The Morgan fingerprint density at radius 1 is 1.18 bits per heavy atom. The van der Waals surface area contributed by atoms with E-state index in [1.54, 1.807) is 6.20 Å². The highest BCUT2D eigenvalue weighted by molar-refractivity contribution is 5.98. The SMILES string of the molecule is C[C@H]1Cc2cccc3c(=O)c(C(=O)N4CCCCC4)cn1c23. The molecule has 0 bridgehead atoms. The van der Waals surface area contributed by atoms with Crippen molar-refractivity contribution in [3.63, 3.8) is 0 Å². The summed E-state index contributed by atoms with van der Waals surface area (Å²) in [6.45, 7) is 3.68. The van der Waals surface area contributed by atoms with Crippen molar-refractivity contribution in [2.24, 2.45) is 0 Å². The second kappa shape index (κ2) is 4.97. The Labute approximate surface area is 129 Å². The smallest absolute Gasteiger partial charge is 0.259 e. The van der Waals surface area contributed by atoms with Crippen molar-refractivity contribution in [2.75, 3.05) is 13.1 Å². The summed E-state index contributed by atoms with van der Waals surface area (Å²) in [7, 11) is 0. The van der Waals surface area contributed by atoms with Gasteiger partial charge in [0.05, 0.1) is 5.52 Å². The van der Waals surface area contributed by atoms with Gasteiger partial charge in [-0.05, 0) is 44.2 Å². The number of benzene rings is 1. The van der Waals surface area contributed by atoms with Crippen LogP contribution in [0.5, 0.6) is 0 Å². The van der Waals surface area contributed by atoms with Gasteiger partial charge >= 0.3 is 0 Å². The molecule has 0 radical (unpaired) electrons. The molecule has 1 atom stereocenters. The summed E-state index contributed by atoms with van der Waals surface area (Å²) in [5, 5.41) is 0.685. The van der Waals surface area contributed by atoms with E-state index >= 15 is 0 Å². The molecule has 1 fully saturated rings. The lowest BCUT2D eigenvalue weighted by atomic mass is 10.1. The monoisotopic (exact) mass is 296 g/mol. The topological polar surface area (TPSA) is 42.3 Å². The summed E-state index contributed by atoms with van der Waals surface area (Å²) < 4.78 is 2.11. The van der Waals surface area contributed by atoms with Crippen LogP contribution in [0.25, 0.3) is 10.9 Å². The summed E-state index contributed by atoms with van der Waals surface area (Å²) >= 11 is 0. The quantitative estimate of drug-likeness (QED) is 0.812. The van der Waals surface area contributed by atoms with Crippen molar-refractivity contribution in [3.05, 3.63) is 45.7 Å². The van der Waals surface area contributed by atoms with E-state index in [1.807, 2.05) is 17.0 Å². The number of hydrogen-bond acceptors (Lipinski definition) is 2.